The van der Waals surface area contributed by atoms with E-state index in [1.165, 1.54) is 42.8 Å². The van der Waals surface area contributed by atoms with Crippen molar-refractivity contribution >= 4 is 21.4 Å². The summed E-state index contributed by atoms with van der Waals surface area (Å²) in [6.07, 6.45) is 0. The van der Waals surface area contributed by atoms with Crippen LogP contribution in [0.4, 0.5) is 11.4 Å². The van der Waals surface area contributed by atoms with Gasteiger partial charge >= 0.3 is 0 Å². The van der Waals surface area contributed by atoms with E-state index in [0.29, 0.717) is 22.7 Å². The van der Waals surface area contributed by atoms with Crippen molar-refractivity contribution in [1.82, 2.24) is 0 Å². The van der Waals surface area contributed by atoms with E-state index in [1.807, 2.05) is 6.07 Å². The Kier molecular flexibility index (Phi) is 6.45. The third-order valence-electron chi connectivity index (χ3n) is 4.84. The SMILES string of the molecule is COc1cccc(C(C)N(c2cccc(OC)c2)S(=O)(=O)c2ccc([N+](=O)[O-])cc2)c1. The topological polar surface area (TPSA) is 99.0 Å². The van der Waals surface area contributed by atoms with Crippen molar-refractivity contribution in [2.45, 2.75) is 17.9 Å². The van der Waals surface area contributed by atoms with Crippen molar-refractivity contribution < 1.29 is 22.8 Å². The zero-order valence-corrected chi connectivity index (χ0v) is 18.1. The molecule has 0 saturated carbocycles. The molecule has 0 fully saturated rings. The van der Waals surface area contributed by atoms with Crippen LogP contribution in [0, 0.1) is 10.1 Å². The summed E-state index contributed by atoms with van der Waals surface area (Å²) in [5.74, 6) is 1.10. The first-order chi connectivity index (χ1) is 14.8. The van der Waals surface area contributed by atoms with Gasteiger partial charge in [-0.3, -0.25) is 14.4 Å². The van der Waals surface area contributed by atoms with Gasteiger partial charge in [0.05, 0.1) is 35.8 Å². The number of sulfonamides is 1. The fourth-order valence-electron chi connectivity index (χ4n) is 3.21. The van der Waals surface area contributed by atoms with Crippen LogP contribution in [0.1, 0.15) is 18.5 Å². The summed E-state index contributed by atoms with van der Waals surface area (Å²) < 4.78 is 39.2. The van der Waals surface area contributed by atoms with Gasteiger partial charge in [0, 0.05) is 18.2 Å². The van der Waals surface area contributed by atoms with Crippen LogP contribution in [-0.4, -0.2) is 27.6 Å². The van der Waals surface area contributed by atoms with Gasteiger partial charge in [-0.25, -0.2) is 8.42 Å². The van der Waals surface area contributed by atoms with Crippen LogP contribution in [0.25, 0.3) is 0 Å². The van der Waals surface area contributed by atoms with Crippen LogP contribution in [0.15, 0.2) is 77.7 Å². The number of hydrogen-bond acceptors (Lipinski definition) is 6. The third kappa shape index (κ3) is 4.61. The number of anilines is 1. The van der Waals surface area contributed by atoms with Crippen LogP contribution >= 0.6 is 0 Å². The minimum absolute atomic E-state index is 0.0596. The van der Waals surface area contributed by atoms with Crippen molar-refractivity contribution in [1.29, 1.82) is 0 Å². The molecule has 0 aromatic heterocycles. The monoisotopic (exact) mass is 442 g/mol. The van der Waals surface area contributed by atoms with Crippen LogP contribution in [0.5, 0.6) is 11.5 Å². The van der Waals surface area contributed by atoms with Crippen molar-refractivity contribution in [2.75, 3.05) is 18.5 Å². The number of rotatable bonds is 8. The Morgan fingerprint density at radius 1 is 0.903 bits per heavy atom. The zero-order valence-electron chi connectivity index (χ0n) is 17.3. The molecule has 0 aliphatic carbocycles. The molecule has 1 unspecified atom stereocenters. The Labute approximate surface area is 180 Å². The lowest BCUT2D eigenvalue weighted by atomic mass is 10.1. The second kappa shape index (κ2) is 9.05. The van der Waals surface area contributed by atoms with Crippen molar-refractivity contribution in [3.8, 4) is 11.5 Å². The quantitative estimate of drug-likeness (QED) is 0.374. The lowest BCUT2D eigenvalue weighted by Crippen LogP contribution is -2.33. The standard InChI is InChI=1S/C22H22N2O6S/c1-16(17-6-4-8-20(14-17)29-2)23(19-7-5-9-21(15-19)30-3)31(27,28)22-12-10-18(11-13-22)24(25)26/h4-16H,1-3H3. The molecule has 0 radical (unpaired) electrons. The van der Waals surface area contributed by atoms with Gasteiger partial charge in [-0.1, -0.05) is 18.2 Å². The number of hydrogen-bond donors (Lipinski definition) is 0. The van der Waals surface area contributed by atoms with Gasteiger partial charge < -0.3 is 9.47 Å². The number of methoxy groups -OCH3 is 2. The summed E-state index contributed by atoms with van der Waals surface area (Å²) in [4.78, 5) is 10.3. The zero-order chi connectivity index (χ0) is 22.6. The van der Waals surface area contributed by atoms with E-state index in [-0.39, 0.29) is 10.6 Å². The number of ether oxygens (including phenoxy) is 2. The molecule has 3 aromatic rings. The number of nitro benzene ring substituents is 1. The largest absolute Gasteiger partial charge is 0.497 e. The first-order valence-electron chi connectivity index (χ1n) is 9.35. The maximum atomic E-state index is 13.7. The highest BCUT2D eigenvalue weighted by molar-refractivity contribution is 7.92. The molecule has 0 aliphatic heterocycles. The van der Waals surface area contributed by atoms with Gasteiger partial charge in [0.15, 0.2) is 0 Å². The molecule has 31 heavy (non-hydrogen) atoms. The molecule has 9 heteroatoms. The molecule has 0 spiro atoms. The van der Waals surface area contributed by atoms with Gasteiger partial charge in [-0.2, -0.15) is 0 Å². The lowest BCUT2D eigenvalue weighted by molar-refractivity contribution is -0.384. The molecule has 0 heterocycles. The van der Waals surface area contributed by atoms with Crippen LogP contribution < -0.4 is 13.8 Å². The average Bonchev–Trinajstić information content (AvgIpc) is 2.79. The summed E-state index contributed by atoms with van der Waals surface area (Å²) >= 11 is 0. The summed E-state index contributed by atoms with van der Waals surface area (Å²) in [5.41, 5.74) is 0.924. The van der Waals surface area contributed by atoms with Crippen LogP contribution in [0.3, 0.4) is 0 Å². The van der Waals surface area contributed by atoms with E-state index in [4.69, 9.17) is 9.47 Å². The van der Waals surface area contributed by atoms with E-state index in [1.54, 1.807) is 49.4 Å². The fourth-order valence-corrected chi connectivity index (χ4v) is 4.84. The molecule has 0 aliphatic rings. The molecular weight excluding hydrogens is 420 g/mol. The van der Waals surface area contributed by atoms with E-state index in [9.17, 15) is 18.5 Å². The third-order valence-corrected chi connectivity index (χ3v) is 6.75. The highest BCUT2D eigenvalue weighted by Gasteiger charge is 2.31. The molecule has 0 saturated heterocycles. The van der Waals surface area contributed by atoms with Crippen molar-refractivity contribution in [3.05, 3.63) is 88.5 Å². The highest BCUT2D eigenvalue weighted by atomic mass is 32.2. The van der Waals surface area contributed by atoms with E-state index >= 15 is 0 Å². The van der Waals surface area contributed by atoms with Gasteiger partial charge in [0.1, 0.15) is 11.5 Å². The Bertz CT molecular complexity index is 1180. The number of nitrogens with zero attached hydrogens (tertiary/aromatic N) is 2. The summed E-state index contributed by atoms with van der Waals surface area (Å²) in [5, 5.41) is 11.0. The number of benzene rings is 3. The molecule has 0 bridgehead atoms. The molecule has 3 rings (SSSR count). The lowest BCUT2D eigenvalue weighted by Gasteiger charge is -2.31. The van der Waals surface area contributed by atoms with Crippen molar-refractivity contribution in [2.24, 2.45) is 0 Å². The molecule has 0 N–H and O–H groups in total. The summed E-state index contributed by atoms with van der Waals surface area (Å²) in [7, 11) is -1.04. The van der Waals surface area contributed by atoms with E-state index in [2.05, 4.69) is 0 Å². The normalized spacial score (nSPS) is 12.1. The predicted octanol–water partition coefficient (Wildman–Crippen LogP) is 4.57. The Morgan fingerprint density at radius 2 is 1.48 bits per heavy atom. The van der Waals surface area contributed by atoms with Gasteiger partial charge in [0.2, 0.25) is 0 Å². The van der Waals surface area contributed by atoms with E-state index < -0.39 is 21.0 Å². The molecule has 8 nitrogen and oxygen atoms in total. The second-order valence-corrected chi connectivity index (χ2v) is 8.52. The highest BCUT2D eigenvalue weighted by Crippen LogP contribution is 2.36. The molecule has 1 atom stereocenters. The van der Waals surface area contributed by atoms with Gasteiger partial charge in [-0.05, 0) is 48.9 Å². The molecule has 0 amide bonds. The molecule has 3 aromatic carbocycles. The van der Waals surface area contributed by atoms with Crippen LogP contribution in [0.2, 0.25) is 0 Å². The predicted molar refractivity (Wildman–Crippen MR) is 117 cm³/mol. The Hall–Kier alpha value is -3.59. The minimum Gasteiger partial charge on any atom is -0.497 e. The second-order valence-electron chi connectivity index (χ2n) is 6.71. The minimum atomic E-state index is -4.07. The fraction of sp³-hybridized carbons (Fsp3) is 0.182. The van der Waals surface area contributed by atoms with Crippen LogP contribution in [-0.2, 0) is 10.0 Å². The summed E-state index contributed by atoms with van der Waals surface area (Å²) in [6.45, 7) is 1.76. The van der Waals surface area contributed by atoms with E-state index in [0.717, 1.165) is 0 Å². The summed E-state index contributed by atoms with van der Waals surface area (Å²) in [6, 6.07) is 18.1. The molecule has 162 valence electrons. The molecular formula is C22H22N2O6S. The maximum Gasteiger partial charge on any atom is 0.269 e. The van der Waals surface area contributed by atoms with Crippen molar-refractivity contribution in [3.63, 3.8) is 0 Å². The first-order valence-corrected chi connectivity index (χ1v) is 10.8. The first kappa shape index (κ1) is 22.1. The smallest absolute Gasteiger partial charge is 0.269 e. The Morgan fingerprint density at radius 3 is 2.06 bits per heavy atom. The maximum absolute atomic E-state index is 13.7. The average molecular weight is 442 g/mol. The number of non-ortho nitro benzene ring substituents is 1. The number of nitro groups is 1. The Balaban J connectivity index is 2.15. The van der Waals surface area contributed by atoms with Gasteiger partial charge in [0.25, 0.3) is 15.7 Å². The van der Waals surface area contributed by atoms with Gasteiger partial charge in [-0.15, -0.1) is 0 Å².